The van der Waals surface area contributed by atoms with Gasteiger partial charge >= 0.3 is 0 Å². The number of sulfone groups is 1. The van der Waals surface area contributed by atoms with Gasteiger partial charge in [-0.2, -0.15) is 0 Å². The Bertz CT molecular complexity index is 1310. The topological polar surface area (TPSA) is 72.3 Å². The molecule has 8 heteroatoms. The fourth-order valence-corrected chi connectivity index (χ4v) is 7.36. The first-order valence-corrected chi connectivity index (χ1v) is 14.5. The summed E-state index contributed by atoms with van der Waals surface area (Å²) in [4.78, 5) is 19.9. The molecule has 0 bridgehead atoms. The van der Waals surface area contributed by atoms with Crippen LogP contribution in [0.25, 0.3) is 16.9 Å². The van der Waals surface area contributed by atoms with Gasteiger partial charge in [-0.3, -0.25) is 9.36 Å². The third-order valence-electron chi connectivity index (χ3n) is 6.55. The molecule has 5 rings (SSSR count). The second-order valence-corrected chi connectivity index (χ2v) is 12.5. The van der Waals surface area contributed by atoms with E-state index >= 15 is 0 Å². The third-order valence-corrected chi connectivity index (χ3v) is 9.23. The fourth-order valence-electron chi connectivity index (χ4n) is 4.79. The van der Waals surface area contributed by atoms with Gasteiger partial charge in [-0.1, -0.05) is 59.8 Å². The summed E-state index contributed by atoms with van der Waals surface area (Å²) in [5.41, 5.74) is 5.41. The monoisotopic (exact) mass is 495 g/mol. The number of hydrogen-bond donors (Lipinski definition) is 0. The molecular formula is C26H29N3O3S2. The quantitative estimate of drug-likeness (QED) is 0.454. The molecule has 6 nitrogen and oxygen atoms in total. The summed E-state index contributed by atoms with van der Waals surface area (Å²) in [6.07, 6.45) is 4.33. The average molecular weight is 496 g/mol. The van der Waals surface area contributed by atoms with Crippen LogP contribution >= 0.6 is 11.8 Å². The number of hydrogen-bond acceptors (Lipinski definition) is 5. The lowest BCUT2D eigenvalue weighted by Gasteiger charge is -2.28. The number of thioether (sulfide) groups is 1. The zero-order chi connectivity index (χ0) is 23.9. The standard InChI is InChI=1S/C26H29N3O3S2/c1-18-8-11-23(19(2)14-18)29-24(20-6-4-3-5-7-20)15-27-26(29)33-16-25(30)28(21-9-10-21)22-12-13-34(31,32)17-22/h3-8,11,14-15,21-22H,9-10,12-13,16-17H2,1-2H3/t22-/m0/s1. The van der Waals surface area contributed by atoms with Crippen LogP contribution in [0.1, 0.15) is 30.4 Å². The van der Waals surface area contributed by atoms with E-state index < -0.39 is 9.84 Å². The van der Waals surface area contributed by atoms with Crippen LogP contribution in [0, 0.1) is 13.8 Å². The summed E-state index contributed by atoms with van der Waals surface area (Å²) in [5.74, 6) is 0.517. The summed E-state index contributed by atoms with van der Waals surface area (Å²) in [6.45, 7) is 4.17. The van der Waals surface area contributed by atoms with Gasteiger partial charge < -0.3 is 4.90 Å². The first-order valence-electron chi connectivity index (χ1n) is 11.7. The number of amides is 1. The minimum atomic E-state index is -3.04. The largest absolute Gasteiger partial charge is 0.335 e. The number of benzene rings is 2. The lowest BCUT2D eigenvalue weighted by atomic mass is 10.1. The van der Waals surface area contributed by atoms with Gasteiger partial charge in [-0.05, 0) is 44.7 Å². The Kier molecular flexibility index (Phi) is 6.29. The van der Waals surface area contributed by atoms with E-state index in [4.69, 9.17) is 4.98 Å². The van der Waals surface area contributed by atoms with Crippen molar-refractivity contribution in [2.24, 2.45) is 0 Å². The van der Waals surface area contributed by atoms with Crippen LogP contribution in [0.15, 0.2) is 59.9 Å². The smallest absolute Gasteiger partial charge is 0.233 e. The van der Waals surface area contributed by atoms with Crippen LogP contribution in [0.3, 0.4) is 0 Å². The Morgan fingerprint density at radius 2 is 1.85 bits per heavy atom. The number of rotatable bonds is 7. The number of carbonyl (C=O) groups excluding carboxylic acids is 1. The van der Waals surface area contributed by atoms with Gasteiger partial charge in [0.25, 0.3) is 0 Å². The van der Waals surface area contributed by atoms with Gasteiger partial charge in [-0.15, -0.1) is 0 Å². The lowest BCUT2D eigenvalue weighted by Crippen LogP contribution is -2.43. The highest BCUT2D eigenvalue weighted by atomic mass is 32.2. The summed E-state index contributed by atoms with van der Waals surface area (Å²) in [6, 6.07) is 16.5. The molecule has 0 unspecified atom stereocenters. The van der Waals surface area contributed by atoms with Crippen LogP contribution in [0.2, 0.25) is 0 Å². The lowest BCUT2D eigenvalue weighted by molar-refractivity contribution is -0.130. The van der Waals surface area contributed by atoms with E-state index in [0.717, 1.165) is 40.5 Å². The first kappa shape index (κ1) is 23.2. The Hall–Kier alpha value is -2.58. The normalized spacial score (nSPS) is 19.3. The molecule has 3 aromatic rings. The van der Waals surface area contributed by atoms with Crippen molar-refractivity contribution in [2.45, 2.75) is 50.4 Å². The molecule has 1 atom stereocenters. The minimum Gasteiger partial charge on any atom is -0.335 e. The van der Waals surface area contributed by atoms with E-state index in [1.54, 1.807) is 0 Å². The second-order valence-electron chi connectivity index (χ2n) is 9.30. The van der Waals surface area contributed by atoms with Gasteiger partial charge in [0.2, 0.25) is 5.91 Å². The van der Waals surface area contributed by atoms with Crippen molar-refractivity contribution in [3.8, 4) is 16.9 Å². The Morgan fingerprint density at radius 1 is 1.09 bits per heavy atom. The van der Waals surface area contributed by atoms with Crippen LogP contribution in [-0.2, 0) is 14.6 Å². The molecule has 0 spiro atoms. The molecule has 1 aliphatic heterocycles. The Morgan fingerprint density at radius 3 is 2.50 bits per heavy atom. The Labute approximate surface area is 205 Å². The summed E-state index contributed by atoms with van der Waals surface area (Å²) in [7, 11) is -3.04. The molecule has 2 fully saturated rings. The molecule has 2 heterocycles. The minimum absolute atomic E-state index is 0.00559. The maximum absolute atomic E-state index is 13.3. The molecule has 1 amide bonds. The zero-order valence-electron chi connectivity index (χ0n) is 19.5. The maximum Gasteiger partial charge on any atom is 0.233 e. The van der Waals surface area contributed by atoms with Crippen molar-refractivity contribution in [1.29, 1.82) is 0 Å². The molecule has 1 saturated heterocycles. The van der Waals surface area contributed by atoms with Crippen LogP contribution in [0.5, 0.6) is 0 Å². The van der Waals surface area contributed by atoms with Gasteiger partial charge in [0, 0.05) is 17.6 Å². The maximum atomic E-state index is 13.3. The van der Waals surface area contributed by atoms with E-state index in [9.17, 15) is 13.2 Å². The number of imidazole rings is 1. The molecule has 1 aromatic heterocycles. The van der Waals surface area contributed by atoms with E-state index in [0.29, 0.717) is 6.42 Å². The summed E-state index contributed by atoms with van der Waals surface area (Å²) < 4.78 is 26.2. The number of aromatic nitrogens is 2. The molecule has 0 N–H and O–H groups in total. The van der Waals surface area contributed by atoms with Gasteiger partial charge in [0.05, 0.1) is 34.8 Å². The molecule has 178 valence electrons. The van der Waals surface area contributed by atoms with Gasteiger partial charge in [0.1, 0.15) is 0 Å². The SMILES string of the molecule is Cc1ccc(-n2c(-c3ccccc3)cnc2SCC(=O)N(C2CC2)[C@H]2CCS(=O)(=O)C2)c(C)c1. The highest BCUT2D eigenvalue weighted by molar-refractivity contribution is 7.99. The highest BCUT2D eigenvalue weighted by Gasteiger charge is 2.42. The van der Waals surface area contributed by atoms with E-state index in [-0.39, 0.29) is 35.2 Å². The number of carbonyl (C=O) groups is 1. The van der Waals surface area contributed by atoms with E-state index in [1.807, 2.05) is 29.3 Å². The highest BCUT2D eigenvalue weighted by Crippen LogP contribution is 2.35. The van der Waals surface area contributed by atoms with Gasteiger partial charge in [0.15, 0.2) is 15.0 Å². The zero-order valence-corrected chi connectivity index (χ0v) is 21.1. The van der Waals surface area contributed by atoms with Crippen molar-refractivity contribution >= 4 is 27.5 Å². The molecule has 1 aliphatic carbocycles. The molecule has 2 aliphatic rings. The van der Waals surface area contributed by atoms with Crippen molar-refractivity contribution in [3.05, 3.63) is 65.9 Å². The van der Waals surface area contributed by atoms with Crippen LogP contribution < -0.4 is 0 Å². The molecule has 0 radical (unpaired) electrons. The van der Waals surface area contributed by atoms with E-state index in [2.05, 4.69) is 48.7 Å². The predicted octanol–water partition coefficient (Wildman–Crippen LogP) is 4.43. The van der Waals surface area contributed by atoms with Crippen molar-refractivity contribution in [1.82, 2.24) is 14.5 Å². The van der Waals surface area contributed by atoms with Crippen molar-refractivity contribution in [2.75, 3.05) is 17.3 Å². The van der Waals surface area contributed by atoms with Crippen molar-refractivity contribution in [3.63, 3.8) is 0 Å². The van der Waals surface area contributed by atoms with Gasteiger partial charge in [-0.25, -0.2) is 13.4 Å². The number of aryl methyl sites for hydroxylation is 2. The molecular weight excluding hydrogens is 466 g/mol. The second kappa shape index (κ2) is 9.23. The number of nitrogens with zero attached hydrogens (tertiary/aromatic N) is 3. The predicted molar refractivity (Wildman–Crippen MR) is 136 cm³/mol. The molecule has 2 aromatic carbocycles. The summed E-state index contributed by atoms with van der Waals surface area (Å²) >= 11 is 1.42. The first-order chi connectivity index (χ1) is 16.3. The van der Waals surface area contributed by atoms with Crippen LogP contribution in [-0.4, -0.2) is 58.1 Å². The van der Waals surface area contributed by atoms with Crippen molar-refractivity contribution < 1.29 is 13.2 Å². The van der Waals surface area contributed by atoms with Crippen LogP contribution in [0.4, 0.5) is 0 Å². The Balaban J connectivity index is 1.43. The van der Waals surface area contributed by atoms with E-state index in [1.165, 1.54) is 17.3 Å². The third kappa shape index (κ3) is 4.79. The molecule has 34 heavy (non-hydrogen) atoms. The summed E-state index contributed by atoms with van der Waals surface area (Å²) in [5, 5.41) is 0.758. The fraction of sp³-hybridized carbons (Fsp3) is 0.385. The molecule has 1 saturated carbocycles. The average Bonchev–Trinajstić information content (AvgIpc) is 3.44.